The molecule has 1 aliphatic heterocycles. The molecule has 0 radical (unpaired) electrons. The van der Waals surface area contributed by atoms with E-state index >= 15 is 0 Å². The molecule has 4 rings (SSSR count). The number of fused-ring (bicyclic) bond motifs is 1. The number of hydrogen-bond donors (Lipinski definition) is 1. The zero-order chi connectivity index (χ0) is 28.9. The Bertz CT molecular complexity index is 1490. The van der Waals surface area contributed by atoms with Gasteiger partial charge in [0, 0.05) is 19.0 Å². The molecule has 0 saturated carbocycles. The molecule has 0 aromatic heterocycles. The third kappa shape index (κ3) is 6.17. The lowest BCUT2D eigenvalue weighted by Crippen LogP contribution is -2.54. The topological polar surface area (TPSA) is 113 Å². The van der Waals surface area contributed by atoms with E-state index < -0.39 is 34.4 Å². The van der Waals surface area contributed by atoms with Crippen LogP contribution in [0.15, 0.2) is 83.8 Å². The van der Waals surface area contributed by atoms with Crippen LogP contribution in [0.25, 0.3) is 0 Å². The van der Waals surface area contributed by atoms with Crippen molar-refractivity contribution in [3.63, 3.8) is 0 Å². The molecule has 10 heteroatoms. The van der Waals surface area contributed by atoms with Crippen molar-refractivity contribution in [2.24, 2.45) is 0 Å². The average molecular weight is 564 g/mol. The molecule has 2 atom stereocenters. The molecule has 3 aromatic rings. The van der Waals surface area contributed by atoms with Crippen LogP contribution in [0.1, 0.15) is 41.8 Å². The number of rotatable bonds is 11. The van der Waals surface area contributed by atoms with Crippen LogP contribution in [-0.2, 0) is 32.6 Å². The molecule has 40 heavy (non-hydrogen) atoms. The number of carbonyl (C=O) groups excluding carboxylic acids is 3. The van der Waals surface area contributed by atoms with Crippen molar-refractivity contribution >= 4 is 27.7 Å². The summed E-state index contributed by atoms with van der Waals surface area (Å²) in [7, 11) is -2.69. The van der Waals surface area contributed by atoms with Crippen LogP contribution in [0.2, 0.25) is 0 Å². The number of ether oxygens (including phenoxy) is 1. The highest BCUT2D eigenvalue weighted by molar-refractivity contribution is 7.90. The first kappa shape index (κ1) is 28.8. The quantitative estimate of drug-likeness (QED) is 0.383. The number of amides is 3. The zero-order valence-electron chi connectivity index (χ0n) is 22.7. The van der Waals surface area contributed by atoms with E-state index in [2.05, 4.69) is 5.32 Å². The third-order valence-electron chi connectivity index (χ3n) is 6.95. The van der Waals surface area contributed by atoms with Gasteiger partial charge in [0.15, 0.2) is 0 Å². The summed E-state index contributed by atoms with van der Waals surface area (Å²) in [4.78, 5) is 41.9. The van der Waals surface area contributed by atoms with E-state index in [1.807, 2.05) is 44.2 Å². The molecule has 3 amide bonds. The van der Waals surface area contributed by atoms with Crippen LogP contribution >= 0.6 is 0 Å². The lowest BCUT2D eigenvalue weighted by atomic mass is 10.0. The minimum atomic E-state index is -4.22. The van der Waals surface area contributed by atoms with E-state index in [1.54, 1.807) is 30.3 Å². The molecule has 0 aliphatic carbocycles. The molecule has 1 heterocycles. The second kappa shape index (κ2) is 12.3. The number of hydrogen-bond acceptors (Lipinski definition) is 6. The highest BCUT2D eigenvalue weighted by Crippen LogP contribution is 2.30. The van der Waals surface area contributed by atoms with Gasteiger partial charge in [-0.2, -0.15) is 0 Å². The normalized spacial score (nSPS) is 15.2. The van der Waals surface area contributed by atoms with Crippen molar-refractivity contribution in [1.82, 2.24) is 14.5 Å². The van der Waals surface area contributed by atoms with Crippen molar-refractivity contribution in [3.8, 4) is 5.75 Å². The zero-order valence-corrected chi connectivity index (χ0v) is 23.6. The molecule has 210 valence electrons. The van der Waals surface area contributed by atoms with Crippen molar-refractivity contribution < 1.29 is 27.5 Å². The SMILES string of the molecule is CC[C@H](C)NC(=O)[C@H](Cc1ccccc1)N(Cc1cccc(OC)c1)C(=O)CN1C(=O)c2ccccc2S1(=O)=O. The average Bonchev–Trinajstić information content (AvgIpc) is 3.15. The van der Waals surface area contributed by atoms with Gasteiger partial charge in [0.1, 0.15) is 23.2 Å². The Morgan fingerprint density at radius 3 is 2.33 bits per heavy atom. The predicted molar refractivity (Wildman–Crippen MR) is 150 cm³/mol. The van der Waals surface area contributed by atoms with Crippen LogP contribution < -0.4 is 10.1 Å². The summed E-state index contributed by atoms with van der Waals surface area (Å²) in [6.07, 6.45) is 0.881. The van der Waals surface area contributed by atoms with Crippen molar-refractivity contribution in [2.75, 3.05) is 13.7 Å². The van der Waals surface area contributed by atoms with Gasteiger partial charge in [-0.05, 0) is 48.7 Å². The van der Waals surface area contributed by atoms with E-state index in [0.29, 0.717) is 22.0 Å². The summed E-state index contributed by atoms with van der Waals surface area (Å²) in [5.74, 6) is -1.24. The number of nitrogens with zero attached hydrogens (tertiary/aromatic N) is 2. The summed E-state index contributed by atoms with van der Waals surface area (Å²) < 4.78 is 32.3. The molecule has 9 nitrogen and oxygen atoms in total. The van der Waals surface area contributed by atoms with Crippen LogP contribution in [0.4, 0.5) is 0 Å². The fraction of sp³-hybridized carbons (Fsp3) is 0.300. The summed E-state index contributed by atoms with van der Waals surface area (Å²) in [5, 5.41) is 2.97. The minimum absolute atomic E-state index is 0.00349. The van der Waals surface area contributed by atoms with Gasteiger partial charge in [-0.3, -0.25) is 14.4 Å². The van der Waals surface area contributed by atoms with Gasteiger partial charge in [0.05, 0.1) is 12.7 Å². The summed E-state index contributed by atoms with van der Waals surface area (Å²) in [6, 6.07) is 21.1. The Morgan fingerprint density at radius 1 is 0.975 bits per heavy atom. The standard InChI is InChI=1S/C30H33N3O6S/c1-4-21(2)31-29(35)26(18-22-11-6-5-7-12-22)32(19-23-13-10-14-24(17-23)39-3)28(34)20-33-30(36)25-15-8-9-16-27(25)40(33,37)38/h5-17,21,26H,4,18-20H2,1-3H3,(H,31,35)/t21-,26-/m0/s1. The van der Waals surface area contributed by atoms with E-state index in [4.69, 9.17) is 4.74 Å². The Morgan fingerprint density at radius 2 is 1.65 bits per heavy atom. The fourth-order valence-corrected chi connectivity index (χ4v) is 6.08. The van der Waals surface area contributed by atoms with Gasteiger partial charge in [0.2, 0.25) is 11.8 Å². The van der Waals surface area contributed by atoms with Crippen LogP contribution in [0.3, 0.4) is 0 Å². The number of methoxy groups -OCH3 is 1. The van der Waals surface area contributed by atoms with Crippen molar-refractivity contribution in [3.05, 3.63) is 95.6 Å². The summed E-state index contributed by atoms with van der Waals surface area (Å²) in [5.41, 5.74) is 1.53. The maximum absolute atomic E-state index is 14.0. The first-order valence-electron chi connectivity index (χ1n) is 13.1. The van der Waals surface area contributed by atoms with Crippen molar-refractivity contribution in [1.29, 1.82) is 0 Å². The first-order valence-corrected chi connectivity index (χ1v) is 14.5. The summed E-state index contributed by atoms with van der Waals surface area (Å²) in [6.45, 7) is 3.08. The van der Waals surface area contributed by atoms with Crippen LogP contribution in [0, 0.1) is 0 Å². The van der Waals surface area contributed by atoms with Gasteiger partial charge < -0.3 is 15.0 Å². The maximum Gasteiger partial charge on any atom is 0.269 e. The molecule has 0 bridgehead atoms. The molecular weight excluding hydrogens is 530 g/mol. The molecule has 0 spiro atoms. The molecule has 3 aromatic carbocycles. The smallest absolute Gasteiger partial charge is 0.269 e. The Kier molecular flexibility index (Phi) is 8.89. The molecule has 0 saturated heterocycles. The lowest BCUT2D eigenvalue weighted by Gasteiger charge is -2.33. The number of sulfonamides is 1. The van der Waals surface area contributed by atoms with E-state index in [1.165, 1.54) is 30.2 Å². The minimum Gasteiger partial charge on any atom is -0.497 e. The van der Waals surface area contributed by atoms with E-state index in [0.717, 1.165) is 5.56 Å². The van der Waals surface area contributed by atoms with Gasteiger partial charge in [-0.1, -0.05) is 61.5 Å². The van der Waals surface area contributed by atoms with Crippen LogP contribution in [-0.4, -0.2) is 61.1 Å². The third-order valence-corrected chi connectivity index (χ3v) is 8.74. The Balaban J connectivity index is 1.73. The molecule has 1 N–H and O–H groups in total. The van der Waals surface area contributed by atoms with Gasteiger partial charge >= 0.3 is 0 Å². The highest BCUT2D eigenvalue weighted by atomic mass is 32.2. The second-order valence-electron chi connectivity index (χ2n) is 9.71. The monoisotopic (exact) mass is 563 g/mol. The number of benzene rings is 3. The lowest BCUT2D eigenvalue weighted by molar-refractivity contribution is -0.141. The Hall–Kier alpha value is -4.18. The number of carbonyl (C=O) groups is 3. The molecule has 1 aliphatic rings. The van der Waals surface area contributed by atoms with Gasteiger partial charge in [0.25, 0.3) is 15.9 Å². The molecule has 0 unspecified atom stereocenters. The fourth-order valence-electron chi connectivity index (χ4n) is 4.56. The van der Waals surface area contributed by atoms with E-state index in [-0.39, 0.29) is 35.4 Å². The largest absolute Gasteiger partial charge is 0.497 e. The van der Waals surface area contributed by atoms with Crippen molar-refractivity contribution in [2.45, 2.75) is 50.2 Å². The predicted octanol–water partition coefficient (Wildman–Crippen LogP) is 3.39. The number of nitrogens with one attached hydrogen (secondary N) is 1. The van der Waals surface area contributed by atoms with Gasteiger partial charge in [-0.25, -0.2) is 12.7 Å². The Labute approximate surface area is 234 Å². The second-order valence-corrected chi connectivity index (χ2v) is 11.5. The van der Waals surface area contributed by atoms with Crippen LogP contribution in [0.5, 0.6) is 5.75 Å². The molecule has 0 fully saturated rings. The maximum atomic E-state index is 14.0. The van der Waals surface area contributed by atoms with E-state index in [9.17, 15) is 22.8 Å². The first-order chi connectivity index (χ1) is 19.1. The van der Waals surface area contributed by atoms with Gasteiger partial charge in [-0.15, -0.1) is 0 Å². The molecular formula is C30H33N3O6S. The summed E-state index contributed by atoms with van der Waals surface area (Å²) >= 11 is 0. The highest BCUT2D eigenvalue weighted by Gasteiger charge is 2.43.